The van der Waals surface area contributed by atoms with Gasteiger partial charge in [0.05, 0.1) is 17.1 Å². The lowest BCUT2D eigenvalue weighted by atomic mass is 9.32. The van der Waals surface area contributed by atoms with E-state index in [4.69, 9.17) is 14.2 Å². The molecule has 10 aromatic carbocycles. The first-order valence-electron chi connectivity index (χ1n) is 26.1. The van der Waals surface area contributed by atoms with E-state index in [1.54, 1.807) is 0 Å². The van der Waals surface area contributed by atoms with Crippen molar-refractivity contribution in [3.63, 3.8) is 0 Å². The van der Waals surface area contributed by atoms with Gasteiger partial charge in [-0.25, -0.2) is 0 Å². The molecular formula is C67H49B2N3O3S. The van der Waals surface area contributed by atoms with Gasteiger partial charge in [-0.15, -0.1) is 11.3 Å². The number of nitrogens with zero attached hydrogens (tertiary/aromatic N) is 3. The quantitative estimate of drug-likeness (QED) is 0.148. The molecule has 4 aliphatic rings. The third-order valence-corrected chi connectivity index (χ3v) is 16.9. The summed E-state index contributed by atoms with van der Waals surface area (Å²) in [6, 6.07) is 75.0. The Balaban J connectivity index is 0.962. The summed E-state index contributed by atoms with van der Waals surface area (Å²) in [4.78, 5) is 7.15. The van der Waals surface area contributed by atoms with E-state index >= 15 is 0 Å². The van der Waals surface area contributed by atoms with Gasteiger partial charge in [0.15, 0.2) is 0 Å². The average Bonchev–Trinajstić information content (AvgIpc) is 4.02. The Kier molecular flexibility index (Phi) is 10.0. The number of hydrogen-bond donors (Lipinski definition) is 0. The third kappa shape index (κ3) is 7.02. The summed E-state index contributed by atoms with van der Waals surface area (Å²) in [6.45, 7) is 10.4. The van der Waals surface area contributed by atoms with Gasteiger partial charge in [-0.2, -0.15) is 0 Å². The van der Waals surface area contributed by atoms with Crippen molar-refractivity contribution in [3.05, 3.63) is 234 Å². The van der Waals surface area contributed by atoms with Crippen LogP contribution < -0.4 is 61.0 Å². The minimum atomic E-state index is -0.166. The second-order valence-electron chi connectivity index (χ2n) is 20.9. The van der Waals surface area contributed by atoms with Crippen molar-refractivity contribution in [2.45, 2.75) is 34.6 Å². The first kappa shape index (κ1) is 44.6. The summed E-state index contributed by atoms with van der Waals surface area (Å²) >= 11 is 1.88. The monoisotopic (exact) mass is 997 g/mol. The molecule has 0 unspecified atom stereocenters. The van der Waals surface area contributed by atoms with Gasteiger partial charge in [0.1, 0.15) is 34.5 Å². The van der Waals surface area contributed by atoms with Crippen molar-refractivity contribution < 1.29 is 14.2 Å². The number of thiophene rings is 1. The van der Waals surface area contributed by atoms with Gasteiger partial charge in [0, 0.05) is 78.7 Å². The number of benzene rings is 10. The maximum atomic E-state index is 7.48. The van der Waals surface area contributed by atoms with Crippen LogP contribution in [0.2, 0.25) is 0 Å². The lowest BCUT2D eigenvalue weighted by Gasteiger charge is -2.41. The zero-order valence-electron chi connectivity index (χ0n) is 42.8. The van der Waals surface area contributed by atoms with Gasteiger partial charge in [-0.1, -0.05) is 131 Å². The van der Waals surface area contributed by atoms with Crippen LogP contribution in [0.5, 0.6) is 34.5 Å². The van der Waals surface area contributed by atoms with Crippen molar-refractivity contribution in [1.29, 1.82) is 0 Å². The lowest BCUT2D eigenvalue weighted by Crippen LogP contribution is -2.62. The van der Waals surface area contributed by atoms with Gasteiger partial charge < -0.3 is 28.9 Å². The Hall–Kier alpha value is -8.91. The first-order valence-corrected chi connectivity index (χ1v) is 26.9. The smallest absolute Gasteiger partial charge is 0.268 e. The van der Waals surface area contributed by atoms with Crippen molar-refractivity contribution >= 4 is 118 Å². The molecule has 9 heteroatoms. The van der Waals surface area contributed by atoms with Gasteiger partial charge in [0.2, 0.25) is 0 Å². The highest BCUT2D eigenvalue weighted by Crippen LogP contribution is 2.50. The molecule has 6 nitrogen and oxygen atoms in total. The van der Waals surface area contributed by atoms with Crippen molar-refractivity contribution in [1.82, 2.24) is 0 Å². The number of fused-ring (bicyclic) bond motifs is 10. The van der Waals surface area contributed by atoms with E-state index in [0.717, 1.165) is 107 Å². The van der Waals surface area contributed by atoms with E-state index in [9.17, 15) is 0 Å². The van der Waals surface area contributed by atoms with Gasteiger partial charge in [-0.05, 0) is 135 Å². The molecule has 11 aromatic rings. The van der Waals surface area contributed by atoms with Crippen molar-refractivity contribution in [2.75, 3.05) is 14.7 Å². The Morgan fingerprint density at radius 1 is 0.368 bits per heavy atom. The minimum Gasteiger partial charge on any atom is -0.458 e. The summed E-state index contributed by atoms with van der Waals surface area (Å²) in [7, 11) is 0. The van der Waals surface area contributed by atoms with Gasteiger partial charge >= 0.3 is 0 Å². The highest BCUT2D eigenvalue weighted by Gasteiger charge is 2.48. The zero-order chi connectivity index (χ0) is 50.9. The fourth-order valence-electron chi connectivity index (χ4n) is 12.0. The Morgan fingerprint density at radius 3 is 1.37 bits per heavy atom. The molecule has 0 saturated heterocycles. The second-order valence-corrected chi connectivity index (χ2v) is 21.9. The molecule has 1 aromatic heterocycles. The number of ether oxygens (including phenoxy) is 3. The normalized spacial score (nSPS) is 13.0. The van der Waals surface area contributed by atoms with E-state index in [1.807, 2.05) is 11.3 Å². The predicted octanol–water partition coefficient (Wildman–Crippen LogP) is 14.5. The van der Waals surface area contributed by atoms with Crippen LogP contribution in [0, 0.1) is 34.6 Å². The fraction of sp³-hybridized carbons (Fsp3) is 0.0746. The number of anilines is 9. The molecule has 0 atom stereocenters. The predicted molar refractivity (Wildman–Crippen MR) is 318 cm³/mol. The number of para-hydroxylation sites is 1. The molecule has 4 aliphatic heterocycles. The molecule has 0 N–H and O–H groups in total. The summed E-state index contributed by atoms with van der Waals surface area (Å²) in [5.41, 5.74) is 21.0. The molecule has 362 valence electrons. The van der Waals surface area contributed by atoms with Crippen LogP contribution in [0.4, 0.5) is 51.2 Å². The Labute approximate surface area is 447 Å². The topological polar surface area (TPSA) is 37.4 Å². The maximum absolute atomic E-state index is 7.48. The van der Waals surface area contributed by atoms with Crippen LogP contribution in [0.3, 0.4) is 0 Å². The second kappa shape index (κ2) is 17.1. The van der Waals surface area contributed by atoms with Crippen molar-refractivity contribution in [2.24, 2.45) is 0 Å². The molecule has 0 spiro atoms. The molecular weight excluding hydrogens is 948 g/mol. The molecule has 0 fully saturated rings. The van der Waals surface area contributed by atoms with E-state index in [0.29, 0.717) is 0 Å². The molecule has 0 radical (unpaired) electrons. The summed E-state index contributed by atoms with van der Waals surface area (Å²) < 4.78 is 24.3. The molecule has 0 aliphatic carbocycles. The highest BCUT2D eigenvalue weighted by molar-refractivity contribution is 7.33. The number of rotatable bonds is 7. The summed E-state index contributed by atoms with van der Waals surface area (Å²) in [6.07, 6.45) is 0. The molecule has 0 amide bonds. The largest absolute Gasteiger partial charge is 0.458 e. The Morgan fingerprint density at radius 2 is 0.816 bits per heavy atom. The summed E-state index contributed by atoms with van der Waals surface area (Å²) in [5.74, 6) is 4.75. The summed E-state index contributed by atoms with van der Waals surface area (Å²) in [5, 5.41) is 1.22. The SMILES string of the molecule is Cc1ccc(N(c2ccc(C)cc2)c2cc3c4c(c2)Oc2cc5c(cc2B4c2ccccc2O3)B2c3sc4ccccc4c3N(c3ccc(C)cc3)c3cc(N(c4ccc(C)cc4)c4ccc(C)cc4)cc(c32)O5)cc1. The molecule has 0 bridgehead atoms. The standard InChI is InChI=1S/C67H49B2N3O3S/c1-40-14-24-45(25-15-40)70(46-26-16-41(2)17-27-46)50-34-56-64-60(35-50)74-59-39-58-54(38-55(59)69(64)67-66(52-10-6-9-13-63(52)76-67)72(56)49-32-22-44(5)23-33-49)68-53-11-7-8-12-57(53)73-61-36-51(37-62(75-58)65(61)68)71(47-28-18-42(3)19-29-47)48-30-20-43(4)21-31-48/h6-39H,1-5H3. The number of aryl methyl sites for hydroxylation is 5. The van der Waals surface area contributed by atoms with Crippen LogP contribution in [0.1, 0.15) is 27.8 Å². The first-order chi connectivity index (χ1) is 37.2. The van der Waals surface area contributed by atoms with Crippen LogP contribution in [-0.4, -0.2) is 13.4 Å². The van der Waals surface area contributed by atoms with E-state index in [2.05, 4.69) is 256 Å². The van der Waals surface area contributed by atoms with Crippen molar-refractivity contribution in [3.8, 4) is 34.5 Å². The molecule has 0 saturated carbocycles. The zero-order valence-corrected chi connectivity index (χ0v) is 43.6. The van der Waals surface area contributed by atoms with Gasteiger partial charge in [0.25, 0.3) is 13.4 Å². The van der Waals surface area contributed by atoms with E-state index < -0.39 is 0 Å². The highest BCUT2D eigenvalue weighted by atomic mass is 32.1. The molecule has 76 heavy (non-hydrogen) atoms. The minimum absolute atomic E-state index is 0.148. The van der Waals surface area contributed by atoms with Gasteiger partial charge in [-0.3, -0.25) is 0 Å². The lowest BCUT2D eigenvalue weighted by molar-refractivity contribution is 0.456. The maximum Gasteiger partial charge on any atom is 0.268 e. The average molecular weight is 998 g/mol. The Bertz CT molecular complexity index is 4070. The van der Waals surface area contributed by atoms with E-state index in [1.165, 1.54) is 48.4 Å². The van der Waals surface area contributed by atoms with Crippen LogP contribution in [0.25, 0.3) is 10.1 Å². The van der Waals surface area contributed by atoms with Crippen LogP contribution >= 0.6 is 11.3 Å². The molecule has 5 heterocycles. The molecule has 15 rings (SSSR count). The fourth-order valence-corrected chi connectivity index (χ4v) is 13.3. The van der Waals surface area contributed by atoms with Crippen LogP contribution in [-0.2, 0) is 0 Å². The third-order valence-electron chi connectivity index (χ3n) is 15.7. The number of hydrogen-bond acceptors (Lipinski definition) is 7. The van der Waals surface area contributed by atoms with Crippen LogP contribution in [0.15, 0.2) is 206 Å². The van der Waals surface area contributed by atoms with E-state index in [-0.39, 0.29) is 13.4 Å².